The van der Waals surface area contributed by atoms with E-state index in [1.807, 2.05) is 36.4 Å². The van der Waals surface area contributed by atoms with Gasteiger partial charge in [0.25, 0.3) is 5.56 Å². The number of carboxylic acids is 1. The van der Waals surface area contributed by atoms with Crippen LogP contribution in [-0.2, 0) is 11.3 Å². The standard InChI is InChI=1S/C24H20ClN3O4/c25-19-9-5-16(6-10-19)17-7-11-20(12-8-17)32-15-18(24(30)31)13-14-28-23(29)21-3-1-2-4-22(21)26-27-28/h1-12,18H,13-15H2,(H,30,31). The fourth-order valence-electron chi connectivity index (χ4n) is 3.31. The van der Waals surface area contributed by atoms with Gasteiger partial charge >= 0.3 is 5.97 Å². The van der Waals surface area contributed by atoms with Gasteiger partial charge in [0, 0.05) is 11.6 Å². The van der Waals surface area contributed by atoms with E-state index < -0.39 is 11.9 Å². The number of rotatable bonds is 8. The number of benzene rings is 3. The van der Waals surface area contributed by atoms with Crippen LogP contribution >= 0.6 is 11.6 Å². The predicted octanol–water partition coefficient (Wildman–Crippen LogP) is 4.28. The van der Waals surface area contributed by atoms with E-state index in [1.165, 1.54) is 4.68 Å². The first-order valence-corrected chi connectivity index (χ1v) is 10.4. The Labute approximate surface area is 188 Å². The van der Waals surface area contributed by atoms with Crippen molar-refractivity contribution in [1.82, 2.24) is 15.0 Å². The van der Waals surface area contributed by atoms with E-state index in [0.29, 0.717) is 21.7 Å². The fourth-order valence-corrected chi connectivity index (χ4v) is 3.43. The predicted molar refractivity (Wildman–Crippen MR) is 122 cm³/mol. The number of carbonyl (C=O) groups is 1. The lowest BCUT2D eigenvalue weighted by atomic mass is 10.1. The molecule has 3 aromatic carbocycles. The van der Waals surface area contributed by atoms with Crippen LogP contribution in [0.15, 0.2) is 77.6 Å². The molecule has 1 aromatic heterocycles. The lowest BCUT2D eigenvalue weighted by Gasteiger charge is -2.14. The molecule has 7 nitrogen and oxygen atoms in total. The minimum atomic E-state index is -0.996. The zero-order valence-corrected chi connectivity index (χ0v) is 17.8. The fraction of sp³-hybridized carbons (Fsp3) is 0.167. The van der Waals surface area contributed by atoms with Crippen molar-refractivity contribution >= 4 is 28.5 Å². The normalized spacial score (nSPS) is 11.9. The molecule has 0 spiro atoms. The molecule has 0 aliphatic rings. The van der Waals surface area contributed by atoms with Crippen LogP contribution in [0.4, 0.5) is 0 Å². The highest BCUT2D eigenvalue weighted by atomic mass is 35.5. The first-order valence-electron chi connectivity index (χ1n) is 10.1. The van der Waals surface area contributed by atoms with Crippen molar-refractivity contribution in [3.8, 4) is 16.9 Å². The number of fused-ring (bicyclic) bond motifs is 1. The molecule has 1 unspecified atom stereocenters. The summed E-state index contributed by atoms with van der Waals surface area (Å²) < 4.78 is 6.90. The van der Waals surface area contributed by atoms with Crippen molar-refractivity contribution in [2.24, 2.45) is 5.92 Å². The number of hydrogen-bond donors (Lipinski definition) is 1. The van der Waals surface area contributed by atoms with Gasteiger partial charge in [0.2, 0.25) is 0 Å². The summed E-state index contributed by atoms with van der Waals surface area (Å²) in [5.74, 6) is -1.23. The Kier molecular flexibility index (Phi) is 6.47. The number of halogens is 1. The van der Waals surface area contributed by atoms with E-state index >= 15 is 0 Å². The molecule has 0 aliphatic carbocycles. The minimum absolute atomic E-state index is 0.0224. The summed E-state index contributed by atoms with van der Waals surface area (Å²) >= 11 is 5.93. The Morgan fingerprint density at radius 2 is 1.66 bits per heavy atom. The van der Waals surface area contributed by atoms with Crippen LogP contribution in [0, 0.1) is 5.92 Å². The molecule has 1 atom stereocenters. The maximum absolute atomic E-state index is 12.5. The van der Waals surface area contributed by atoms with Gasteiger partial charge in [-0.15, -0.1) is 5.10 Å². The first-order chi connectivity index (χ1) is 15.5. The van der Waals surface area contributed by atoms with Crippen molar-refractivity contribution in [3.05, 3.63) is 88.2 Å². The van der Waals surface area contributed by atoms with Crippen molar-refractivity contribution < 1.29 is 14.6 Å². The number of carboxylic acid groups (broad SMARTS) is 1. The molecule has 4 rings (SSSR count). The summed E-state index contributed by atoms with van der Waals surface area (Å²) in [5.41, 5.74) is 2.23. The maximum atomic E-state index is 12.5. The third-order valence-corrected chi connectivity index (χ3v) is 5.40. The third kappa shape index (κ3) is 4.95. The van der Waals surface area contributed by atoms with Crippen LogP contribution in [0.5, 0.6) is 5.75 Å². The molecule has 0 saturated heterocycles. The first kappa shape index (κ1) is 21.5. The second-order valence-corrected chi connectivity index (χ2v) is 7.74. The Hall–Kier alpha value is -3.71. The van der Waals surface area contributed by atoms with E-state index in [1.54, 1.807) is 36.4 Å². The molecular formula is C24H20ClN3O4. The smallest absolute Gasteiger partial charge is 0.310 e. The molecule has 0 radical (unpaired) electrons. The number of ether oxygens (including phenoxy) is 1. The van der Waals surface area contributed by atoms with Gasteiger partial charge in [0.05, 0.1) is 11.3 Å². The van der Waals surface area contributed by atoms with E-state index in [0.717, 1.165) is 11.1 Å². The molecular weight excluding hydrogens is 430 g/mol. The van der Waals surface area contributed by atoms with E-state index in [2.05, 4.69) is 10.3 Å². The SMILES string of the molecule is O=C(O)C(CCn1nnc2ccccc2c1=O)COc1ccc(-c2ccc(Cl)cc2)cc1. The average Bonchev–Trinajstić information content (AvgIpc) is 2.81. The van der Waals surface area contributed by atoms with Gasteiger partial charge < -0.3 is 9.84 Å². The number of aliphatic carboxylic acids is 1. The van der Waals surface area contributed by atoms with Crippen LogP contribution in [-0.4, -0.2) is 32.7 Å². The highest BCUT2D eigenvalue weighted by Gasteiger charge is 2.19. The summed E-state index contributed by atoms with van der Waals surface area (Å²) in [6.45, 7) is 0.109. The zero-order chi connectivity index (χ0) is 22.5. The van der Waals surface area contributed by atoms with Crippen molar-refractivity contribution in [2.75, 3.05) is 6.61 Å². The monoisotopic (exact) mass is 449 g/mol. The number of aryl methyl sites for hydroxylation is 1. The molecule has 4 aromatic rings. The molecule has 1 heterocycles. The van der Waals surface area contributed by atoms with Crippen LogP contribution in [0.1, 0.15) is 6.42 Å². The average molecular weight is 450 g/mol. The number of aromatic nitrogens is 3. The highest BCUT2D eigenvalue weighted by Crippen LogP contribution is 2.24. The molecule has 0 bridgehead atoms. The van der Waals surface area contributed by atoms with Gasteiger partial charge in [-0.05, 0) is 53.9 Å². The summed E-state index contributed by atoms with van der Waals surface area (Å²) in [4.78, 5) is 24.2. The van der Waals surface area contributed by atoms with Gasteiger partial charge in [-0.2, -0.15) is 0 Å². The van der Waals surface area contributed by atoms with Gasteiger partial charge in [0.1, 0.15) is 17.9 Å². The van der Waals surface area contributed by atoms with Crippen LogP contribution in [0.25, 0.3) is 22.0 Å². The molecule has 0 fully saturated rings. The summed E-state index contributed by atoms with van der Waals surface area (Å²) in [7, 11) is 0. The van der Waals surface area contributed by atoms with Crippen molar-refractivity contribution in [1.29, 1.82) is 0 Å². The molecule has 32 heavy (non-hydrogen) atoms. The largest absolute Gasteiger partial charge is 0.493 e. The number of nitrogens with zero attached hydrogens (tertiary/aromatic N) is 3. The molecule has 162 valence electrons. The highest BCUT2D eigenvalue weighted by molar-refractivity contribution is 6.30. The van der Waals surface area contributed by atoms with Crippen molar-refractivity contribution in [3.63, 3.8) is 0 Å². The van der Waals surface area contributed by atoms with E-state index in [4.69, 9.17) is 16.3 Å². The van der Waals surface area contributed by atoms with Gasteiger partial charge in [-0.25, -0.2) is 4.68 Å². The van der Waals surface area contributed by atoms with Crippen molar-refractivity contribution in [2.45, 2.75) is 13.0 Å². The van der Waals surface area contributed by atoms with Gasteiger partial charge in [0.15, 0.2) is 0 Å². The summed E-state index contributed by atoms with van der Waals surface area (Å²) in [6.07, 6.45) is 0.186. The van der Waals surface area contributed by atoms with E-state index in [9.17, 15) is 14.7 Å². The maximum Gasteiger partial charge on any atom is 0.310 e. The van der Waals surface area contributed by atoms with Gasteiger partial charge in [-0.1, -0.05) is 53.2 Å². The van der Waals surface area contributed by atoms with E-state index in [-0.39, 0.29) is 25.1 Å². The zero-order valence-electron chi connectivity index (χ0n) is 17.0. The van der Waals surface area contributed by atoms with Gasteiger partial charge in [-0.3, -0.25) is 9.59 Å². The minimum Gasteiger partial charge on any atom is -0.493 e. The summed E-state index contributed by atoms with van der Waals surface area (Å²) in [6, 6.07) is 21.8. The Morgan fingerprint density at radius 1 is 1.00 bits per heavy atom. The molecule has 0 aliphatic heterocycles. The molecule has 0 amide bonds. The Morgan fingerprint density at radius 3 is 2.34 bits per heavy atom. The molecule has 1 N–H and O–H groups in total. The molecule has 0 saturated carbocycles. The third-order valence-electron chi connectivity index (χ3n) is 5.15. The Bertz CT molecular complexity index is 1290. The van der Waals surface area contributed by atoms with Crippen LogP contribution in [0.2, 0.25) is 5.02 Å². The topological polar surface area (TPSA) is 94.3 Å². The second-order valence-electron chi connectivity index (χ2n) is 7.30. The summed E-state index contributed by atoms with van der Waals surface area (Å²) in [5, 5.41) is 18.6. The number of hydrogen-bond acceptors (Lipinski definition) is 5. The van der Waals surface area contributed by atoms with Crippen LogP contribution in [0.3, 0.4) is 0 Å². The lowest BCUT2D eigenvalue weighted by Crippen LogP contribution is -2.28. The van der Waals surface area contributed by atoms with Crippen LogP contribution < -0.4 is 10.3 Å². The lowest BCUT2D eigenvalue weighted by molar-refractivity contribution is -0.143. The second kappa shape index (κ2) is 9.62. The molecule has 8 heteroatoms. The quantitative estimate of drug-likeness (QED) is 0.431. The Balaban J connectivity index is 1.39.